The summed E-state index contributed by atoms with van der Waals surface area (Å²) >= 11 is 1.31. The lowest BCUT2D eigenvalue weighted by atomic mass is 10.1. The van der Waals surface area contributed by atoms with Crippen molar-refractivity contribution in [1.82, 2.24) is 4.98 Å². The summed E-state index contributed by atoms with van der Waals surface area (Å²) < 4.78 is 32.7. The zero-order valence-corrected chi connectivity index (χ0v) is 15.7. The van der Waals surface area contributed by atoms with Gasteiger partial charge in [-0.1, -0.05) is 18.2 Å². The minimum atomic E-state index is -3.64. The van der Waals surface area contributed by atoms with Crippen LogP contribution in [0, 0.1) is 13.8 Å². The van der Waals surface area contributed by atoms with E-state index in [1.807, 2.05) is 32.0 Å². The number of nitrogens with zero attached hydrogens (tertiary/aromatic N) is 1. The highest BCUT2D eigenvalue weighted by Crippen LogP contribution is 2.33. The van der Waals surface area contributed by atoms with Crippen molar-refractivity contribution in [1.29, 1.82) is 0 Å². The van der Waals surface area contributed by atoms with E-state index in [2.05, 4.69) is 9.71 Å². The lowest BCUT2D eigenvalue weighted by Crippen LogP contribution is -2.12. The molecule has 3 rings (SSSR count). The Balaban J connectivity index is 1.92. The molecule has 1 N–H and O–H groups in total. The Kier molecular flexibility index (Phi) is 4.78. The molecule has 25 heavy (non-hydrogen) atoms. The lowest BCUT2D eigenvalue weighted by molar-refractivity contribution is 0.412. The Morgan fingerprint density at radius 2 is 1.80 bits per heavy atom. The van der Waals surface area contributed by atoms with E-state index < -0.39 is 10.0 Å². The van der Waals surface area contributed by atoms with E-state index in [9.17, 15) is 8.42 Å². The minimum Gasteiger partial charge on any atom is -0.496 e. The first kappa shape index (κ1) is 17.4. The summed E-state index contributed by atoms with van der Waals surface area (Å²) in [4.78, 5) is 5.63. The fourth-order valence-corrected chi connectivity index (χ4v) is 4.60. The second-order valence-electron chi connectivity index (χ2n) is 5.53. The zero-order chi connectivity index (χ0) is 18.0. The molecular formula is C18H18N2O3S2. The third-order valence-electron chi connectivity index (χ3n) is 3.74. The number of methoxy groups -OCH3 is 1. The average Bonchev–Trinajstić information content (AvgIpc) is 2.95. The number of rotatable bonds is 5. The first-order valence-corrected chi connectivity index (χ1v) is 9.91. The van der Waals surface area contributed by atoms with Gasteiger partial charge in [0, 0.05) is 10.4 Å². The predicted molar refractivity (Wildman–Crippen MR) is 101 cm³/mol. The summed E-state index contributed by atoms with van der Waals surface area (Å²) in [6.45, 7) is 3.88. The molecule has 0 aliphatic carbocycles. The van der Waals surface area contributed by atoms with Crippen molar-refractivity contribution in [2.24, 2.45) is 0 Å². The van der Waals surface area contributed by atoms with E-state index in [0.717, 1.165) is 27.4 Å². The van der Waals surface area contributed by atoms with Gasteiger partial charge in [-0.05, 0) is 49.7 Å². The van der Waals surface area contributed by atoms with Gasteiger partial charge in [0.15, 0.2) is 5.13 Å². The molecule has 0 saturated heterocycles. The number of hydrogen-bond donors (Lipinski definition) is 1. The van der Waals surface area contributed by atoms with Crippen molar-refractivity contribution >= 4 is 26.5 Å². The molecule has 1 heterocycles. The zero-order valence-electron chi connectivity index (χ0n) is 14.1. The van der Waals surface area contributed by atoms with Crippen LogP contribution in [0.15, 0.2) is 53.4 Å². The Labute approximate surface area is 151 Å². The Morgan fingerprint density at radius 1 is 1.08 bits per heavy atom. The number of thiazole rings is 1. The maximum absolute atomic E-state index is 12.4. The van der Waals surface area contributed by atoms with Crippen LogP contribution in [0.5, 0.6) is 5.75 Å². The normalized spacial score (nSPS) is 11.3. The molecule has 0 fully saturated rings. The van der Waals surface area contributed by atoms with Gasteiger partial charge in [0.2, 0.25) is 0 Å². The SMILES string of the molecule is COc1ccc(-c2nc(NS(=O)(=O)c3ccccc3)sc2C)cc1C. The number of anilines is 1. The molecular weight excluding hydrogens is 356 g/mol. The minimum absolute atomic E-state index is 0.213. The highest BCUT2D eigenvalue weighted by atomic mass is 32.2. The third kappa shape index (κ3) is 3.67. The van der Waals surface area contributed by atoms with Gasteiger partial charge in [0.05, 0.1) is 17.7 Å². The molecule has 7 heteroatoms. The number of sulfonamides is 1. The Morgan fingerprint density at radius 3 is 2.44 bits per heavy atom. The van der Waals surface area contributed by atoms with Gasteiger partial charge < -0.3 is 4.74 Å². The van der Waals surface area contributed by atoms with Crippen LogP contribution < -0.4 is 9.46 Å². The van der Waals surface area contributed by atoms with Gasteiger partial charge in [-0.25, -0.2) is 13.4 Å². The van der Waals surface area contributed by atoms with Crippen molar-refractivity contribution in [3.8, 4) is 17.0 Å². The van der Waals surface area contributed by atoms with Gasteiger partial charge >= 0.3 is 0 Å². The summed E-state index contributed by atoms with van der Waals surface area (Å²) in [5.41, 5.74) is 2.69. The molecule has 0 aliphatic rings. The van der Waals surface area contributed by atoms with Crippen LogP contribution in [0.25, 0.3) is 11.3 Å². The van der Waals surface area contributed by atoms with Crippen LogP contribution in [0.4, 0.5) is 5.13 Å². The molecule has 0 radical (unpaired) electrons. The molecule has 1 aromatic heterocycles. The highest BCUT2D eigenvalue weighted by Gasteiger charge is 2.18. The summed E-state index contributed by atoms with van der Waals surface area (Å²) in [6.07, 6.45) is 0. The van der Waals surface area contributed by atoms with E-state index in [-0.39, 0.29) is 4.90 Å². The van der Waals surface area contributed by atoms with E-state index >= 15 is 0 Å². The molecule has 5 nitrogen and oxygen atoms in total. The lowest BCUT2D eigenvalue weighted by Gasteiger charge is -2.06. The third-order valence-corrected chi connectivity index (χ3v) is 6.11. The molecule has 0 bridgehead atoms. The number of aryl methyl sites for hydroxylation is 2. The Bertz CT molecular complexity index is 996. The summed E-state index contributed by atoms with van der Waals surface area (Å²) in [6, 6.07) is 14.0. The molecule has 130 valence electrons. The van der Waals surface area contributed by atoms with Crippen LogP contribution in [-0.2, 0) is 10.0 Å². The van der Waals surface area contributed by atoms with E-state index in [1.165, 1.54) is 11.3 Å². The van der Waals surface area contributed by atoms with Gasteiger partial charge in [0.25, 0.3) is 10.0 Å². The molecule has 0 unspecified atom stereocenters. The number of benzene rings is 2. The van der Waals surface area contributed by atoms with Gasteiger partial charge in [-0.2, -0.15) is 0 Å². The average molecular weight is 374 g/mol. The van der Waals surface area contributed by atoms with Crippen LogP contribution in [-0.4, -0.2) is 20.5 Å². The van der Waals surface area contributed by atoms with E-state index in [0.29, 0.717) is 5.13 Å². The maximum atomic E-state index is 12.4. The van der Waals surface area contributed by atoms with Crippen molar-refractivity contribution < 1.29 is 13.2 Å². The van der Waals surface area contributed by atoms with Crippen molar-refractivity contribution in [2.75, 3.05) is 11.8 Å². The first-order chi connectivity index (χ1) is 11.9. The number of hydrogen-bond acceptors (Lipinski definition) is 5. The predicted octanol–water partition coefficient (Wildman–Crippen LogP) is 4.24. The van der Waals surface area contributed by atoms with E-state index in [4.69, 9.17) is 4.74 Å². The van der Waals surface area contributed by atoms with Crippen LogP contribution in [0.3, 0.4) is 0 Å². The second kappa shape index (κ2) is 6.85. The summed E-state index contributed by atoms with van der Waals surface area (Å²) in [5, 5.41) is 0.352. The van der Waals surface area contributed by atoms with Gasteiger partial charge in [0.1, 0.15) is 5.75 Å². The van der Waals surface area contributed by atoms with Gasteiger partial charge in [-0.15, -0.1) is 11.3 Å². The quantitative estimate of drug-likeness (QED) is 0.725. The smallest absolute Gasteiger partial charge is 0.263 e. The van der Waals surface area contributed by atoms with Crippen LogP contribution in [0.1, 0.15) is 10.4 Å². The first-order valence-electron chi connectivity index (χ1n) is 7.61. The fraction of sp³-hybridized carbons (Fsp3) is 0.167. The molecule has 0 spiro atoms. The van der Waals surface area contributed by atoms with Gasteiger partial charge in [-0.3, -0.25) is 4.72 Å². The standard InChI is InChI=1S/C18H18N2O3S2/c1-12-11-14(9-10-16(12)23-3)17-13(2)24-18(19-17)20-25(21,22)15-7-5-4-6-8-15/h4-11H,1-3H3,(H,19,20). The molecule has 0 amide bonds. The summed E-state index contributed by atoms with van der Waals surface area (Å²) in [7, 11) is -2.01. The highest BCUT2D eigenvalue weighted by molar-refractivity contribution is 7.93. The van der Waals surface area contributed by atoms with E-state index in [1.54, 1.807) is 37.4 Å². The largest absolute Gasteiger partial charge is 0.496 e. The number of ether oxygens (including phenoxy) is 1. The summed E-state index contributed by atoms with van der Waals surface area (Å²) in [5.74, 6) is 0.807. The molecule has 3 aromatic rings. The topological polar surface area (TPSA) is 68.3 Å². The van der Waals surface area contributed by atoms with Crippen LogP contribution >= 0.6 is 11.3 Å². The van der Waals surface area contributed by atoms with Crippen molar-refractivity contribution in [3.63, 3.8) is 0 Å². The van der Waals surface area contributed by atoms with Crippen molar-refractivity contribution in [3.05, 3.63) is 59.0 Å². The number of aromatic nitrogens is 1. The molecule has 0 atom stereocenters. The molecule has 2 aromatic carbocycles. The number of nitrogens with one attached hydrogen (secondary N) is 1. The fourth-order valence-electron chi connectivity index (χ4n) is 2.51. The monoisotopic (exact) mass is 374 g/mol. The van der Waals surface area contributed by atoms with Crippen LogP contribution in [0.2, 0.25) is 0 Å². The molecule has 0 aliphatic heterocycles. The maximum Gasteiger partial charge on any atom is 0.263 e. The Hall–Kier alpha value is -2.38. The second-order valence-corrected chi connectivity index (χ2v) is 8.41. The molecule has 0 saturated carbocycles. The van der Waals surface area contributed by atoms with Crippen molar-refractivity contribution in [2.45, 2.75) is 18.7 Å².